The number of nitrogens with zero attached hydrogens (tertiary/aromatic N) is 4. The molecule has 29 heavy (non-hydrogen) atoms. The van der Waals surface area contributed by atoms with E-state index in [2.05, 4.69) is 52.8 Å². The second-order valence-corrected chi connectivity index (χ2v) is 6.86. The van der Waals surface area contributed by atoms with Gasteiger partial charge in [0.25, 0.3) is 0 Å². The van der Waals surface area contributed by atoms with E-state index in [0.717, 1.165) is 29.9 Å². The molecule has 0 aliphatic heterocycles. The third-order valence-corrected chi connectivity index (χ3v) is 5.00. The smallest absolute Gasteiger partial charge is 0.216 e. The number of rotatable bonds is 8. The van der Waals surface area contributed by atoms with Gasteiger partial charge in [-0.3, -0.25) is 0 Å². The Kier molecular flexibility index (Phi) is 6.61. The van der Waals surface area contributed by atoms with Gasteiger partial charge in [0, 0.05) is 29.9 Å². The predicted octanol–water partition coefficient (Wildman–Crippen LogP) is 4.77. The van der Waals surface area contributed by atoms with Crippen LogP contribution < -0.4 is 4.90 Å². The Morgan fingerprint density at radius 1 is 1.21 bits per heavy atom. The van der Waals surface area contributed by atoms with Crippen molar-refractivity contribution in [2.45, 2.75) is 20.3 Å². The fourth-order valence-corrected chi connectivity index (χ4v) is 3.33. The Morgan fingerprint density at radius 2 is 1.93 bits per heavy atom. The maximum atomic E-state index is 10.4. The van der Waals surface area contributed by atoms with E-state index in [-0.39, 0.29) is 5.75 Å². The third-order valence-electron chi connectivity index (χ3n) is 4.73. The van der Waals surface area contributed by atoms with Crippen LogP contribution in [0.4, 0.5) is 5.69 Å². The molecule has 3 aromatic rings. The highest BCUT2D eigenvalue weighted by molar-refractivity contribution is 7.71. The van der Waals surface area contributed by atoms with E-state index in [4.69, 9.17) is 12.2 Å². The van der Waals surface area contributed by atoms with Gasteiger partial charge < -0.3 is 10.0 Å². The minimum Gasteiger partial charge on any atom is -0.507 e. The van der Waals surface area contributed by atoms with Crippen LogP contribution >= 0.6 is 12.2 Å². The Bertz CT molecular complexity index is 1060. The number of H-pyrrole nitrogens is 1. The number of phenolic OH excluding ortho intramolecular Hbond substituents is 1. The lowest BCUT2D eigenvalue weighted by Gasteiger charge is -2.20. The Morgan fingerprint density at radius 3 is 2.59 bits per heavy atom. The summed E-state index contributed by atoms with van der Waals surface area (Å²) in [4.78, 5) is 2.28. The number of aromatic nitrogens is 3. The van der Waals surface area contributed by atoms with Crippen molar-refractivity contribution < 1.29 is 5.11 Å². The van der Waals surface area contributed by atoms with Crippen molar-refractivity contribution >= 4 is 24.1 Å². The van der Waals surface area contributed by atoms with Gasteiger partial charge >= 0.3 is 0 Å². The SMILES string of the molecule is C=CCc1cccc(/C=N/n2c(-c3ccc(N(CC)CC)cc3)n[nH]c2=S)c1O. The number of aromatic hydroxyl groups is 1. The summed E-state index contributed by atoms with van der Waals surface area (Å²) < 4.78 is 1.94. The van der Waals surface area contributed by atoms with Crippen molar-refractivity contribution in [1.82, 2.24) is 14.9 Å². The standard InChI is InChI=1S/C22H25N5OS/c1-4-8-16-9-7-10-18(20(16)28)15-23-27-21(24-25-22(27)29)17-11-13-19(14-12-17)26(5-2)6-3/h4,7,9-15,28H,1,5-6,8H2,2-3H3,(H,25,29)/b23-15+. The first kappa shape index (κ1) is 20.5. The predicted molar refractivity (Wildman–Crippen MR) is 121 cm³/mol. The number of phenols is 1. The number of hydrogen-bond acceptors (Lipinski definition) is 5. The van der Waals surface area contributed by atoms with Gasteiger partial charge in [-0.05, 0) is 68.4 Å². The van der Waals surface area contributed by atoms with Gasteiger partial charge in [-0.2, -0.15) is 14.9 Å². The van der Waals surface area contributed by atoms with Crippen molar-refractivity contribution in [3.8, 4) is 17.1 Å². The highest BCUT2D eigenvalue weighted by Gasteiger charge is 2.10. The molecular formula is C22H25N5OS. The number of aromatic amines is 1. The third kappa shape index (κ3) is 4.46. The van der Waals surface area contributed by atoms with E-state index in [1.165, 1.54) is 0 Å². The molecular weight excluding hydrogens is 382 g/mol. The van der Waals surface area contributed by atoms with Gasteiger partial charge in [-0.1, -0.05) is 18.2 Å². The van der Waals surface area contributed by atoms with E-state index >= 15 is 0 Å². The normalized spacial score (nSPS) is 11.1. The molecule has 0 saturated carbocycles. The van der Waals surface area contributed by atoms with Gasteiger partial charge in [-0.25, -0.2) is 5.10 Å². The summed E-state index contributed by atoms with van der Waals surface area (Å²) >= 11 is 5.34. The molecule has 2 N–H and O–H groups in total. The number of benzene rings is 2. The average Bonchev–Trinajstić information content (AvgIpc) is 3.11. The van der Waals surface area contributed by atoms with E-state index < -0.39 is 0 Å². The fraction of sp³-hybridized carbons (Fsp3) is 0.227. The van der Waals surface area contributed by atoms with Crippen molar-refractivity contribution in [2.24, 2.45) is 5.10 Å². The summed E-state index contributed by atoms with van der Waals surface area (Å²) in [5.41, 5.74) is 3.46. The number of anilines is 1. The van der Waals surface area contributed by atoms with Crippen LogP contribution in [0.5, 0.6) is 5.75 Å². The first-order chi connectivity index (χ1) is 14.1. The molecule has 2 aromatic carbocycles. The van der Waals surface area contributed by atoms with E-state index in [1.54, 1.807) is 23.0 Å². The van der Waals surface area contributed by atoms with Gasteiger partial charge in [0.15, 0.2) is 5.82 Å². The van der Waals surface area contributed by atoms with Gasteiger partial charge in [0.1, 0.15) is 5.75 Å². The quantitative estimate of drug-likeness (QED) is 0.321. The molecule has 0 unspecified atom stereocenters. The first-order valence-corrected chi connectivity index (χ1v) is 9.98. The Balaban J connectivity index is 1.93. The van der Waals surface area contributed by atoms with Crippen LogP contribution in [0.3, 0.4) is 0 Å². The van der Waals surface area contributed by atoms with Crippen LogP contribution in [0.1, 0.15) is 25.0 Å². The molecule has 7 heteroatoms. The molecule has 0 fully saturated rings. The van der Waals surface area contributed by atoms with Crippen LogP contribution in [-0.4, -0.2) is 39.3 Å². The molecule has 0 aliphatic carbocycles. The van der Waals surface area contributed by atoms with Crippen molar-refractivity contribution in [3.05, 3.63) is 71.0 Å². The maximum Gasteiger partial charge on any atom is 0.216 e. The molecule has 0 aliphatic rings. The summed E-state index contributed by atoms with van der Waals surface area (Å²) in [6.07, 6.45) is 3.92. The zero-order valence-electron chi connectivity index (χ0n) is 16.7. The Hall–Kier alpha value is -3.19. The molecule has 1 aromatic heterocycles. The van der Waals surface area contributed by atoms with Crippen molar-refractivity contribution in [1.29, 1.82) is 0 Å². The highest BCUT2D eigenvalue weighted by Crippen LogP contribution is 2.24. The zero-order chi connectivity index (χ0) is 20.8. The summed E-state index contributed by atoms with van der Waals surface area (Å²) in [6.45, 7) is 9.89. The summed E-state index contributed by atoms with van der Waals surface area (Å²) in [5.74, 6) is 0.801. The van der Waals surface area contributed by atoms with Crippen LogP contribution in [0.25, 0.3) is 11.4 Å². The summed E-state index contributed by atoms with van der Waals surface area (Å²) in [5, 5.41) is 22.0. The lowest BCUT2D eigenvalue weighted by molar-refractivity contribution is 0.469. The zero-order valence-corrected chi connectivity index (χ0v) is 17.5. The summed E-state index contributed by atoms with van der Waals surface area (Å²) in [6, 6.07) is 13.7. The molecule has 0 bridgehead atoms. The van der Waals surface area contributed by atoms with E-state index in [9.17, 15) is 5.11 Å². The van der Waals surface area contributed by atoms with Crippen LogP contribution in [0.15, 0.2) is 60.2 Å². The number of nitrogens with one attached hydrogen (secondary N) is 1. The van der Waals surface area contributed by atoms with E-state index in [0.29, 0.717) is 22.6 Å². The monoisotopic (exact) mass is 407 g/mol. The molecule has 0 radical (unpaired) electrons. The van der Waals surface area contributed by atoms with Gasteiger partial charge in [0.05, 0.1) is 6.21 Å². The fourth-order valence-electron chi connectivity index (χ4n) is 3.15. The summed E-state index contributed by atoms with van der Waals surface area (Å²) in [7, 11) is 0. The van der Waals surface area contributed by atoms with Crippen LogP contribution in [-0.2, 0) is 6.42 Å². The van der Waals surface area contributed by atoms with Gasteiger partial charge in [0.2, 0.25) is 4.77 Å². The molecule has 0 amide bonds. The van der Waals surface area contributed by atoms with Crippen molar-refractivity contribution in [2.75, 3.05) is 18.0 Å². The number of allylic oxidation sites excluding steroid dienone is 1. The van der Waals surface area contributed by atoms with Gasteiger partial charge in [-0.15, -0.1) is 6.58 Å². The molecule has 0 saturated heterocycles. The highest BCUT2D eigenvalue weighted by atomic mass is 32.1. The second-order valence-electron chi connectivity index (χ2n) is 6.48. The lowest BCUT2D eigenvalue weighted by Crippen LogP contribution is -2.21. The molecule has 6 nitrogen and oxygen atoms in total. The minimum atomic E-state index is 0.191. The maximum absolute atomic E-state index is 10.4. The van der Waals surface area contributed by atoms with Crippen molar-refractivity contribution in [3.63, 3.8) is 0 Å². The van der Waals surface area contributed by atoms with Crippen LogP contribution in [0.2, 0.25) is 0 Å². The topological polar surface area (TPSA) is 69.4 Å². The first-order valence-electron chi connectivity index (χ1n) is 9.57. The van der Waals surface area contributed by atoms with E-state index in [1.807, 2.05) is 24.3 Å². The largest absolute Gasteiger partial charge is 0.507 e. The Labute approximate surface area is 175 Å². The number of hydrogen-bond donors (Lipinski definition) is 2. The lowest BCUT2D eigenvalue weighted by atomic mass is 10.1. The number of para-hydroxylation sites is 1. The molecule has 150 valence electrons. The molecule has 0 spiro atoms. The molecule has 3 rings (SSSR count). The minimum absolute atomic E-state index is 0.191. The second kappa shape index (κ2) is 9.34. The molecule has 0 atom stereocenters. The molecule has 1 heterocycles. The van der Waals surface area contributed by atoms with Crippen LogP contribution in [0, 0.1) is 4.77 Å². The average molecular weight is 408 g/mol.